The lowest BCUT2D eigenvalue weighted by molar-refractivity contribution is 0.418. The number of fused-ring (bicyclic) bond motifs is 2. The molecule has 0 aliphatic carbocycles. The number of nitrogens with one attached hydrogen (secondary N) is 1. The molecule has 168 valence electrons. The van der Waals surface area contributed by atoms with Crippen molar-refractivity contribution in [1.29, 1.82) is 0 Å². The normalized spacial score (nSPS) is 13.7. The van der Waals surface area contributed by atoms with E-state index in [1.54, 1.807) is 24.3 Å². The molecule has 4 aromatic rings. The Morgan fingerprint density at radius 3 is 2.58 bits per heavy atom. The first kappa shape index (κ1) is 21.0. The van der Waals surface area contributed by atoms with Gasteiger partial charge in [-0.05, 0) is 54.8 Å². The molecule has 1 aliphatic heterocycles. The average Bonchev–Trinajstić information content (AvgIpc) is 2.83. The van der Waals surface area contributed by atoms with Crippen LogP contribution in [0.5, 0.6) is 5.75 Å². The van der Waals surface area contributed by atoms with Gasteiger partial charge >= 0.3 is 5.69 Å². The van der Waals surface area contributed by atoms with Gasteiger partial charge in [0.05, 0.1) is 34.3 Å². The van der Waals surface area contributed by atoms with Crippen LogP contribution in [0.4, 0.5) is 5.69 Å². The number of aromatic nitrogens is 2. The van der Waals surface area contributed by atoms with Crippen molar-refractivity contribution < 1.29 is 13.2 Å². The van der Waals surface area contributed by atoms with E-state index < -0.39 is 21.3 Å². The maximum absolute atomic E-state index is 13.5. The number of H-pyrrole nitrogens is 1. The second-order valence-electron chi connectivity index (χ2n) is 7.76. The third-order valence-electron chi connectivity index (χ3n) is 5.85. The summed E-state index contributed by atoms with van der Waals surface area (Å²) in [6.07, 6.45) is 1.52. The smallest absolute Gasteiger partial charge is 0.333 e. The van der Waals surface area contributed by atoms with E-state index in [9.17, 15) is 18.0 Å². The molecule has 0 atom stereocenters. The summed E-state index contributed by atoms with van der Waals surface area (Å²) < 4.78 is 34.6. The fraction of sp³-hybridized carbons (Fsp3) is 0.167. The van der Waals surface area contributed by atoms with Gasteiger partial charge < -0.3 is 9.72 Å². The van der Waals surface area contributed by atoms with Gasteiger partial charge in [-0.25, -0.2) is 17.8 Å². The quantitative estimate of drug-likeness (QED) is 0.502. The van der Waals surface area contributed by atoms with Gasteiger partial charge in [-0.1, -0.05) is 30.3 Å². The highest BCUT2D eigenvalue weighted by Gasteiger charge is 2.29. The van der Waals surface area contributed by atoms with Crippen molar-refractivity contribution in [3.63, 3.8) is 0 Å². The second kappa shape index (κ2) is 7.93. The zero-order valence-electron chi connectivity index (χ0n) is 17.8. The van der Waals surface area contributed by atoms with E-state index in [4.69, 9.17) is 4.74 Å². The Morgan fingerprint density at radius 2 is 1.76 bits per heavy atom. The molecule has 1 aromatic heterocycles. The number of sulfonamides is 1. The molecule has 33 heavy (non-hydrogen) atoms. The molecule has 3 aromatic carbocycles. The first-order valence-electron chi connectivity index (χ1n) is 10.4. The average molecular weight is 464 g/mol. The van der Waals surface area contributed by atoms with Crippen LogP contribution < -0.4 is 20.3 Å². The van der Waals surface area contributed by atoms with Crippen molar-refractivity contribution in [3.8, 4) is 11.4 Å². The molecule has 1 N–H and O–H groups in total. The van der Waals surface area contributed by atoms with Crippen LogP contribution in [0, 0.1) is 0 Å². The van der Waals surface area contributed by atoms with E-state index in [1.165, 1.54) is 35.7 Å². The molecule has 0 unspecified atom stereocenters. The number of hydrogen-bond donors (Lipinski definition) is 1. The van der Waals surface area contributed by atoms with Crippen molar-refractivity contribution in [3.05, 3.63) is 93.1 Å². The van der Waals surface area contributed by atoms with E-state index >= 15 is 0 Å². The second-order valence-corrected chi connectivity index (χ2v) is 9.62. The SMILES string of the molecule is COc1cccc2c(=O)n(-c3cccc(S(=O)(=O)N4CCCc5ccccc54)c3)c(=O)[nH]c12. The minimum atomic E-state index is -3.90. The fourth-order valence-corrected chi connectivity index (χ4v) is 5.86. The predicted octanol–water partition coefficient (Wildman–Crippen LogP) is 2.83. The first-order chi connectivity index (χ1) is 15.9. The van der Waals surface area contributed by atoms with Crippen LogP contribution in [0.1, 0.15) is 12.0 Å². The summed E-state index contributed by atoms with van der Waals surface area (Å²) in [5.74, 6) is 0.369. The van der Waals surface area contributed by atoms with Crippen molar-refractivity contribution in [1.82, 2.24) is 9.55 Å². The molecule has 0 amide bonds. The monoisotopic (exact) mass is 463 g/mol. The van der Waals surface area contributed by atoms with E-state index in [2.05, 4.69) is 4.98 Å². The molecule has 2 heterocycles. The lowest BCUT2D eigenvalue weighted by Gasteiger charge is -2.30. The summed E-state index contributed by atoms with van der Waals surface area (Å²) in [4.78, 5) is 28.7. The molecule has 0 bridgehead atoms. The van der Waals surface area contributed by atoms with Crippen LogP contribution in [-0.2, 0) is 16.4 Å². The molecule has 0 fully saturated rings. The minimum Gasteiger partial charge on any atom is -0.495 e. The largest absolute Gasteiger partial charge is 0.495 e. The summed E-state index contributed by atoms with van der Waals surface area (Å²) >= 11 is 0. The Hall–Kier alpha value is -3.85. The van der Waals surface area contributed by atoms with E-state index in [0.717, 1.165) is 16.6 Å². The van der Waals surface area contributed by atoms with E-state index in [-0.39, 0.29) is 16.0 Å². The highest BCUT2D eigenvalue weighted by atomic mass is 32.2. The topological polar surface area (TPSA) is 101 Å². The molecule has 0 saturated heterocycles. The highest BCUT2D eigenvalue weighted by molar-refractivity contribution is 7.92. The number of methoxy groups -OCH3 is 1. The van der Waals surface area contributed by atoms with Crippen molar-refractivity contribution in [2.45, 2.75) is 17.7 Å². The molecular formula is C24H21N3O5S. The van der Waals surface area contributed by atoms with Crippen molar-refractivity contribution in [2.75, 3.05) is 18.0 Å². The maximum atomic E-state index is 13.5. The lowest BCUT2D eigenvalue weighted by atomic mass is 10.0. The summed E-state index contributed by atoms with van der Waals surface area (Å²) in [6.45, 7) is 0.361. The zero-order chi connectivity index (χ0) is 23.2. The van der Waals surface area contributed by atoms with Gasteiger partial charge in [-0.2, -0.15) is 0 Å². The van der Waals surface area contributed by atoms with Crippen molar-refractivity contribution >= 4 is 26.6 Å². The van der Waals surface area contributed by atoms with Gasteiger partial charge in [0.2, 0.25) is 0 Å². The number of para-hydroxylation sites is 2. The summed E-state index contributed by atoms with van der Waals surface area (Å²) in [6, 6.07) is 18.2. The number of benzene rings is 3. The van der Waals surface area contributed by atoms with Gasteiger partial charge in [0.25, 0.3) is 15.6 Å². The molecule has 0 radical (unpaired) electrons. The Kier molecular flexibility index (Phi) is 5.05. The van der Waals surface area contributed by atoms with Gasteiger partial charge in [-0.3, -0.25) is 9.10 Å². The molecule has 9 heteroatoms. The molecule has 5 rings (SSSR count). The van der Waals surface area contributed by atoms with Gasteiger partial charge in [0.15, 0.2) is 0 Å². The van der Waals surface area contributed by atoms with Crippen LogP contribution in [0.25, 0.3) is 16.6 Å². The molecule has 0 spiro atoms. The number of hydrogen-bond acceptors (Lipinski definition) is 5. The van der Waals surface area contributed by atoms with Crippen LogP contribution in [-0.4, -0.2) is 31.6 Å². The highest BCUT2D eigenvalue weighted by Crippen LogP contribution is 2.32. The van der Waals surface area contributed by atoms with E-state index in [0.29, 0.717) is 29.9 Å². The summed E-state index contributed by atoms with van der Waals surface area (Å²) in [5.41, 5.74) is 0.833. The predicted molar refractivity (Wildman–Crippen MR) is 126 cm³/mol. The zero-order valence-corrected chi connectivity index (χ0v) is 18.6. The first-order valence-corrected chi connectivity index (χ1v) is 11.9. The Labute approximate surface area is 189 Å². The third kappa shape index (κ3) is 3.41. The lowest BCUT2D eigenvalue weighted by Crippen LogP contribution is -2.36. The number of rotatable bonds is 4. The van der Waals surface area contributed by atoms with Gasteiger partial charge in [0, 0.05) is 6.54 Å². The number of ether oxygens (including phenoxy) is 1. The van der Waals surface area contributed by atoms with Gasteiger partial charge in [0.1, 0.15) is 5.75 Å². The maximum Gasteiger partial charge on any atom is 0.333 e. The van der Waals surface area contributed by atoms with Crippen LogP contribution >= 0.6 is 0 Å². The summed E-state index contributed by atoms with van der Waals surface area (Å²) in [7, 11) is -2.45. The number of nitrogens with zero attached hydrogens (tertiary/aromatic N) is 2. The van der Waals surface area contributed by atoms with Crippen LogP contribution in [0.15, 0.2) is 81.2 Å². The number of aryl methyl sites for hydroxylation is 1. The summed E-state index contributed by atoms with van der Waals surface area (Å²) in [5, 5.41) is 0.257. The minimum absolute atomic E-state index is 0.00809. The molecule has 0 saturated carbocycles. The number of aromatic amines is 1. The Balaban J connectivity index is 1.65. The Morgan fingerprint density at radius 1 is 0.970 bits per heavy atom. The van der Waals surface area contributed by atoms with E-state index in [1.807, 2.05) is 18.2 Å². The van der Waals surface area contributed by atoms with Crippen LogP contribution in [0.3, 0.4) is 0 Å². The molecule has 1 aliphatic rings. The molecule has 8 nitrogen and oxygen atoms in total. The van der Waals surface area contributed by atoms with Gasteiger partial charge in [-0.15, -0.1) is 0 Å². The van der Waals surface area contributed by atoms with Crippen molar-refractivity contribution in [2.24, 2.45) is 0 Å². The fourth-order valence-electron chi connectivity index (χ4n) is 4.28. The number of anilines is 1. The standard InChI is InChI=1S/C24H21N3O5S/c1-32-21-13-5-11-19-22(21)25-24(29)27(23(19)28)17-9-4-10-18(15-17)33(30,31)26-14-6-8-16-7-2-3-12-20(16)26/h2-5,7,9-13,15H,6,8,14H2,1H3,(H,25,29). The van der Waals surface area contributed by atoms with Crippen LogP contribution in [0.2, 0.25) is 0 Å². The molecular weight excluding hydrogens is 442 g/mol. The Bertz CT molecular complexity index is 1600. The third-order valence-corrected chi connectivity index (χ3v) is 7.66.